The minimum absolute atomic E-state index is 0.0186. The van der Waals surface area contributed by atoms with Gasteiger partial charge >= 0.3 is 0 Å². The lowest BCUT2D eigenvalue weighted by atomic mass is 10.0. The normalized spacial score (nSPS) is 19.9. The maximum atomic E-state index is 14.1. The molecule has 4 aliphatic rings. The van der Waals surface area contributed by atoms with Gasteiger partial charge in [0.2, 0.25) is 17.7 Å². The highest BCUT2D eigenvalue weighted by atomic mass is 19.1. The van der Waals surface area contributed by atoms with Crippen LogP contribution >= 0.6 is 0 Å². The van der Waals surface area contributed by atoms with Crippen LogP contribution in [-0.2, 0) is 14.4 Å². The van der Waals surface area contributed by atoms with Crippen molar-refractivity contribution in [3.05, 3.63) is 102 Å². The molecule has 9 rings (SSSR count). The van der Waals surface area contributed by atoms with E-state index in [1.54, 1.807) is 33.8 Å². The van der Waals surface area contributed by atoms with E-state index in [0.29, 0.717) is 43.2 Å². The second kappa shape index (κ2) is 14.2. The predicted molar refractivity (Wildman–Crippen MR) is 202 cm³/mol. The molecule has 15 nitrogen and oxygen atoms in total. The van der Waals surface area contributed by atoms with Crippen molar-refractivity contribution < 1.29 is 28.4 Å². The highest BCUT2D eigenvalue weighted by Gasteiger charge is 2.44. The van der Waals surface area contributed by atoms with Crippen LogP contribution in [0.15, 0.2) is 79.0 Å². The molecule has 0 aliphatic carbocycles. The number of imide groups is 2. The van der Waals surface area contributed by atoms with Crippen LogP contribution in [0.4, 0.5) is 21.7 Å². The van der Waals surface area contributed by atoms with Gasteiger partial charge in [0.25, 0.3) is 11.8 Å². The maximum Gasteiger partial charge on any atom is 0.262 e. The highest BCUT2D eigenvalue weighted by Crippen LogP contribution is 2.36. The van der Waals surface area contributed by atoms with Crippen molar-refractivity contribution in [1.29, 1.82) is 0 Å². The molecule has 56 heavy (non-hydrogen) atoms. The molecule has 0 saturated carbocycles. The first-order valence-electron chi connectivity index (χ1n) is 18.7. The molecule has 2 unspecified atom stereocenters. The molecule has 0 radical (unpaired) electrons. The van der Waals surface area contributed by atoms with Crippen molar-refractivity contribution in [3.63, 3.8) is 0 Å². The zero-order chi connectivity index (χ0) is 38.5. The Morgan fingerprint density at radius 2 is 1.66 bits per heavy atom. The number of nitrogens with one attached hydrogen (secondary N) is 2. The molecule has 2 aromatic carbocycles. The van der Waals surface area contributed by atoms with Gasteiger partial charge in [0, 0.05) is 44.8 Å². The van der Waals surface area contributed by atoms with Crippen LogP contribution in [0.1, 0.15) is 58.0 Å². The number of aromatic nitrogens is 4. The van der Waals surface area contributed by atoms with Crippen LogP contribution < -0.4 is 20.4 Å². The van der Waals surface area contributed by atoms with Crippen molar-refractivity contribution >= 4 is 52.5 Å². The van der Waals surface area contributed by atoms with Gasteiger partial charge in [-0.2, -0.15) is 0 Å². The van der Waals surface area contributed by atoms with Gasteiger partial charge in [-0.05, 0) is 79.4 Å². The molecule has 0 spiro atoms. The van der Waals surface area contributed by atoms with Crippen molar-refractivity contribution in [2.75, 3.05) is 54.4 Å². The van der Waals surface area contributed by atoms with E-state index in [1.165, 1.54) is 18.2 Å². The second-order valence-corrected chi connectivity index (χ2v) is 14.3. The first-order valence-corrected chi connectivity index (χ1v) is 18.7. The smallest absolute Gasteiger partial charge is 0.262 e. The number of imidazole rings is 1. The van der Waals surface area contributed by atoms with Crippen LogP contribution in [0.25, 0.3) is 17.0 Å². The van der Waals surface area contributed by atoms with Crippen LogP contribution in [0.2, 0.25) is 0 Å². The third kappa shape index (κ3) is 6.35. The number of nitrogens with zero attached hydrogens (tertiary/aromatic N) is 8. The number of halogens is 1. The predicted octanol–water partition coefficient (Wildman–Crippen LogP) is 3.43. The van der Waals surface area contributed by atoms with Crippen LogP contribution in [0, 0.1) is 5.82 Å². The van der Waals surface area contributed by atoms with E-state index in [1.807, 2.05) is 36.4 Å². The van der Waals surface area contributed by atoms with E-state index in [-0.39, 0.29) is 48.3 Å². The summed E-state index contributed by atoms with van der Waals surface area (Å²) in [7, 11) is 0. The summed E-state index contributed by atoms with van der Waals surface area (Å²) in [6.07, 6.45) is 3.77. The Kier molecular flexibility index (Phi) is 8.86. The third-order valence-corrected chi connectivity index (χ3v) is 11.0. The number of carbonyl (C=O) groups is 5. The average molecular weight is 757 g/mol. The molecule has 3 aromatic heterocycles. The summed E-state index contributed by atoms with van der Waals surface area (Å²) in [5.41, 5.74) is 3.87. The number of benzene rings is 2. The number of anilines is 3. The number of fused-ring (bicyclic) bond motifs is 2. The molecule has 3 saturated heterocycles. The Morgan fingerprint density at radius 1 is 0.839 bits per heavy atom. The lowest BCUT2D eigenvalue weighted by Gasteiger charge is -2.35. The first kappa shape index (κ1) is 35.0. The van der Waals surface area contributed by atoms with E-state index in [2.05, 4.69) is 25.4 Å². The SMILES string of the molecule is O=C1CCC(N2C(=O)c3ccc(NCC(=O)N4CCN(c5cccc(-c6cnc7ccc(N8CCCC8c8cccc(F)c8)nn67)n5)CC4)cc3C2=O)C(=O)N1. The van der Waals surface area contributed by atoms with Gasteiger partial charge in [-0.1, -0.05) is 18.2 Å². The van der Waals surface area contributed by atoms with Gasteiger partial charge in [0.05, 0.1) is 35.6 Å². The van der Waals surface area contributed by atoms with Crippen molar-refractivity contribution in [3.8, 4) is 11.4 Å². The summed E-state index contributed by atoms with van der Waals surface area (Å²) in [6.45, 7) is 2.89. The van der Waals surface area contributed by atoms with E-state index in [9.17, 15) is 28.4 Å². The van der Waals surface area contributed by atoms with Gasteiger partial charge in [-0.3, -0.25) is 34.2 Å². The minimum atomic E-state index is -1.05. The molecule has 2 atom stereocenters. The summed E-state index contributed by atoms with van der Waals surface area (Å²) in [6, 6.07) is 20.1. The Morgan fingerprint density at radius 3 is 2.48 bits per heavy atom. The number of rotatable bonds is 8. The molecule has 5 aromatic rings. The standard InChI is InChI=1S/C40H37FN10O5/c41-25-5-1-4-24(20-25)30-7-3-15-49(30)35-13-12-33-43-22-32(51(33)46-35)29-6-2-8-34(44-29)47-16-18-48(19-17-47)37(53)23-42-26-9-10-27-28(21-26)40(56)50(39(27)55)31-11-14-36(52)45-38(31)54/h1-2,4-6,8-10,12-13,20-22,30-31,42H,3,7,11,14-19,23H2,(H,45,52,54). The monoisotopic (exact) mass is 756 g/mol. The molecular formula is C40H37FN10O5. The van der Waals surface area contributed by atoms with E-state index in [4.69, 9.17) is 10.1 Å². The fourth-order valence-electron chi connectivity index (χ4n) is 8.09. The van der Waals surface area contributed by atoms with E-state index < -0.39 is 29.7 Å². The lowest BCUT2D eigenvalue weighted by molar-refractivity contribution is -0.136. The van der Waals surface area contributed by atoms with Crippen LogP contribution in [0.5, 0.6) is 0 Å². The maximum absolute atomic E-state index is 14.1. The summed E-state index contributed by atoms with van der Waals surface area (Å²) in [5.74, 6) is -1.11. The Bertz CT molecular complexity index is 2430. The first-order chi connectivity index (χ1) is 27.2. The number of piperidine rings is 1. The number of hydrogen-bond donors (Lipinski definition) is 2. The Hall–Kier alpha value is -6.71. The molecule has 0 bridgehead atoms. The van der Waals surface area contributed by atoms with E-state index >= 15 is 0 Å². The summed E-state index contributed by atoms with van der Waals surface area (Å²) < 4.78 is 15.9. The molecule has 7 heterocycles. The lowest BCUT2D eigenvalue weighted by Crippen LogP contribution is -2.54. The Balaban J connectivity index is 0.830. The van der Waals surface area contributed by atoms with Gasteiger partial charge < -0.3 is 20.0 Å². The van der Waals surface area contributed by atoms with Gasteiger partial charge in [0.1, 0.15) is 29.2 Å². The van der Waals surface area contributed by atoms with Gasteiger partial charge in [0.15, 0.2) is 5.65 Å². The largest absolute Gasteiger partial charge is 0.376 e. The van der Waals surface area contributed by atoms with Crippen molar-refractivity contribution in [1.82, 2.24) is 34.7 Å². The molecular weight excluding hydrogens is 720 g/mol. The van der Waals surface area contributed by atoms with E-state index in [0.717, 1.165) is 47.2 Å². The molecule has 2 N–H and O–H groups in total. The van der Waals surface area contributed by atoms with Crippen LogP contribution in [-0.4, -0.2) is 104 Å². The zero-order valence-corrected chi connectivity index (χ0v) is 30.2. The zero-order valence-electron chi connectivity index (χ0n) is 30.2. The quantitative estimate of drug-likeness (QED) is 0.223. The molecule has 16 heteroatoms. The summed E-state index contributed by atoms with van der Waals surface area (Å²) >= 11 is 0. The topological polar surface area (TPSA) is 165 Å². The van der Waals surface area contributed by atoms with Gasteiger partial charge in [-0.25, -0.2) is 18.9 Å². The summed E-state index contributed by atoms with van der Waals surface area (Å²) in [4.78, 5) is 80.0. The van der Waals surface area contributed by atoms with Crippen LogP contribution in [0.3, 0.4) is 0 Å². The molecule has 4 aliphatic heterocycles. The molecule has 5 amide bonds. The number of amides is 5. The number of carbonyl (C=O) groups excluding carboxylic acids is 5. The van der Waals surface area contributed by atoms with Crippen molar-refractivity contribution in [2.45, 2.75) is 37.8 Å². The Labute approximate surface area is 320 Å². The number of pyridine rings is 1. The fourth-order valence-corrected chi connectivity index (χ4v) is 8.09. The number of hydrogen-bond acceptors (Lipinski definition) is 11. The van der Waals surface area contributed by atoms with Gasteiger partial charge in [-0.15, -0.1) is 5.10 Å². The van der Waals surface area contributed by atoms with Crippen molar-refractivity contribution in [2.24, 2.45) is 0 Å². The number of piperazine rings is 1. The fraction of sp³-hybridized carbons (Fsp3) is 0.300. The summed E-state index contributed by atoms with van der Waals surface area (Å²) in [5, 5.41) is 10.2. The third-order valence-electron chi connectivity index (χ3n) is 11.0. The molecule has 284 valence electrons. The second-order valence-electron chi connectivity index (χ2n) is 14.3. The minimum Gasteiger partial charge on any atom is -0.376 e. The average Bonchev–Trinajstić information content (AvgIpc) is 3.94. The molecule has 3 fully saturated rings. The highest BCUT2D eigenvalue weighted by molar-refractivity contribution is 6.23.